The van der Waals surface area contributed by atoms with E-state index in [1.54, 1.807) is 12.1 Å². The van der Waals surface area contributed by atoms with Crippen molar-refractivity contribution in [2.45, 2.75) is 164 Å². The summed E-state index contributed by atoms with van der Waals surface area (Å²) in [5.74, 6) is -13.8. The zero-order valence-electron chi connectivity index (χ0n) is 48.8. The van der Waals surface area contributed by atoms with Gasteiger partial charge in [-0.15, -0.1) is 0 Å². The van der Waals surface area contributed by atoms with Gasteiger partial charge in [-0.3, -0.25) is 42.9 Å². The predicted molar refractivity (Wildman–Crippen MR) is 311 cm³/mol. The summed E-state index contributed by atoms with van der Waals surface area (Å²) in [6, 6.07) is 4.47. The van der Waals surface area contributed by atoms with Crippen molar-refractivity contribution in [1.82, 2.24) is 36.4 Å². The van der Waals surface area contributed by atoms with E-state index in [1.165, 1.54) is 31.4 Å². The molecule has 3 heterocycles. The summed E-state index contributed by atoms with van der Waals surface area (Å²) in [5, 5.41) is 112. The number of phenols is 1. The minimum Gasteiger partial charge on any atom is -0.504 e. The number of aliphatic hydroxyl groups is 8. The van der Waals surface area contributed by atoms with Gasteiger partial charge in [0.2, 0.25) is 47.3 Å². The van der Waals surface area contributed by atoms with Crippen molar-refractivity contribution < 1.29 is 101 Å². The van der Waals surface area contributed by atoms with Gasteiger partial charge < -0.3 is 92.3 Å². The Bertz CT molecular complexity index is 3110. The molecule has 0 bridgehead atoms. The molecule has 0 spiro atoms. The molecule has 6 rings (SSSR count). The Kier molecular flexibility index (Phi) is 26.4. The number of unbranched alkanes of at least 4 members (excludes halogenated alkanes) is 4. The quantitative estimate of drug-likeness (QED) is 0.0239. The van der Waals surface area contributed by atoms with E-state index in [0.29, 0.717) is 21.4 Å². The van der Waals surface area contributed by atoms with E-state index in [0.717, 1.165) is 61.9 Å². The van der Waals surface area contributed by atoms with Crippen LogP contribution in [0.15, 0.2) is 72.8 Å². The maximum absolute atomic E-state index is 14.6. The number of nitrogens with one attached hydrogen (secondary N) is 5. The molecule has 0 aliphatic carbocycles. The van der Waals surface area contributed by atoms with Crippen LogP contribution >= 0.6 is 0 Å². The molecule has 15 atom stereocenters. The van der Waals surface area contributed by atoms with Crippen LogP contribution < -0.4 is 36.5 Å². The second kappa shape index (κ2) is 32.2. The average Bonchev–Trinajstić information content (AvgIpc) is 1.67. The summed E-state index contributed by atoms with van der Waals surface area (Å²) >= 11 is 0. The molecule has 1 radical (unpaired) electrons. The van der Waals surface area contributed by atoms with Gasteiger partial charge in [0.25, 0.3) is 0 Å². The van der Waals surface area contributed by atoms with Crippen LogP contribution in [0.2, 0.25) is 0 Å². The number of primary amides is 1. The molecule has 477 valence electrons. The molecule has 88 heavy (non-hydrogen) atoms. The van der Waals surface area contributed by atoms with Crippen molar-refractivity contribution in [3.8, 4) is 22.6 Å². The molecule has 29 nitrogen and oxygen atoms in total. The number of amides is 8. The molecular formula is C57H76N8NaO21S. The number of nitrogens with zero attached hydrogens (tertiary/aromatic N) is 2. The smallest absolute Gasteiger partial charge is 0.446 e. The van der Waals surface area contributed by atoms with Crippen LogP contribution in [-0.2, 0) is 55.2 Å². The fraction of sp³-hybridized carbons (Fsp3) is 0.509. The Hall–Kier alpha value is -6.65. The number of aliphatic hydroxyl groups excluding tert-OH is 8. The Balaban J connectivity index is 0.0000141. The molecule has 0 saturated carbocycles. The maximum Gasteiger partial charge on any atom is 0.446 e. The first-order chi connectivity index (χ1) is 41.0. The molecule has 3 aromatic rings. The molecular weight excluding hydrogens is 1190 g/mol. The number of hydrogen-bond donors (Lipinski definition) is 16. The molecule has 15 unspecified atom stereocenters. The van der Waals surface area contributed by atoms with Crippen LogP contribution in [0.5, 0.6) is 11.5 Å². The minimum atomic E-state index is -5.34. The van der Waals surface area contributed by atoms with Gasteiger partial charge in [-0.1, -0.05) is 94.1 Å². The monoisotopic (exact) mass is 1260 g/mol. The first-order valence-electron chi connectivity index (χ1n) is 28.2. The van der Waals surface area contributed by atoms with Gasteiger partial charge >= 0.3 is 10.4 Å². The van der Waals surface area contributed by atoms with Crippen LogP contribution in [0.4, 0.5) is 0 Å². The van der Waals surface area contributed by atoms with E-state index in [-0.39, 0.29) is 29.6 Å². The van der Waals surface area contributed by atoms with Crippen molar-refractivity contribution >= 4 is 93.3 Å². The molecule has 3 aromatic carbocycles. The van der Waals surface area contributed by atoms with Gasteiger partial charge in [-0.25, -0.2) is 0 Å². The molecule has 3 aliphatic rings. The standard InChI is InChI=1S/C57H76N8O21S.Na/c1-4-5-6-7-8-9-30-10-15-32(16-11-30)33-17-12-31(13-18-33)14-21-43(72)59-36-24-40(70)53(78)63-55(80)47-48(73)28(2)26-65(47)57(82)45(39(69)25-42(58)71)61-54(79)46(50(75)49(74)34-19-20-38(68)41(22-34)86-87(83,84)85)62-52(77)37-23-35(67)27-64(37)56(81)44(29(3)66)60-51(36)76;/h10-22,28-29,35-37,39-40,44-50,53,66-70,73-75,78H,4-9,23-27H2,1-3H3,(H2,58,71)(H,59,72)(H,60,76)(H,61,79)(H,62,77)(H,63,80)(H,83,84,85);/b21-14+;. The van der Waals surface area contributed by atoms with Gasteiger partial charge in [0.1, 0.15) is 54.6 Å². The van der Waals surface area contributed by atoms with E-state index >= 15 is 0 Å². The number of aryl methyl sites for hydroxylation is 1. The fourth-order valence-electron chi connectivity index (χ4n) is 10.5. The summed E-state index contributed by atoms with van der Waals surface area (Å²) < 4.78 is 36.7. The number of nitrogens with two attached hydrogens (primary N) is 1. The third-order valence-electron chi connectivity index (χ3n) is 15.3. The van der Waals surface area contributed by atoms with E-state index in [2.05, 4.69) is 39.2 Å². The summed E-state index contributed by atoms with van der Waals surface area (Å²) in [4.78, 5) is 114. The molecule has 0 aromatic heterocycles. The van der Waals surface area contributed by atoms with Crippen molar-refractivity contribution in [3.63, 3.8) is 0 Å². The van der Waals surface area contributed by atoms with Crippen LogP contribution in [-0.4, -0.2) is 238 Å². The maximum atomic E-state index is 14.6. The zero-order chi connectivity index (χ0) is 64.2. The van der Waals surface area contributed by atoms with Gasteiger partial charge in [-0.05, 0) is 65.8 Å². The van der Waals surface area contributed by atoms with Gasteiger partial charge in [0.15, 0.2) is 17.7 Å². The van der Waals surface area contributed by atoms with E-state index in [4.69, 9.17) is 5.73 Å². The minimum absolute atomic E-state index is 0. The zero-order valence-corrected chi connectivity index (χ0v) is 51.6. The van der Waals surface area contributed by atoms with Crippen LogP contribution in [0.25, 0.3) is 17.2 Å². The average molecular weight is 1260 g/mol. The number of carbonyl (C=O) groups is 8. The second-order valence-electron chi connectivity index (χ2n) is 22.0. The summed E-state index contributed by atoms with van der Waals surface area (Å²) in [6.45, 7) is 3.30. The number of phenolic OH excluding ortho intramolecular Hbond substituents is 1. The SMILES string of the molecule is CCCCCCCc1ccc(-c2ccc(/C=C/C(=O)NC3CC(O)C(O)NC(=O)C4C(O)C(C)CN4C(=O)C(C(O)CC(N)=O)NC(=O)C(C(O)C(O)c4ccc(O)c(OS(=O)(=O)O)c4)NC(=O)C4CC(O)CN4C(=O)C(C(C)O)NC3=O)cc2)cc1.[Na]. The van der Waals surface area contributed by atoms with E-state index in [9.17, 15) is 97.3 Å². The third-order valence-corrected chi connectivity index (χ3v) is 15.7. The van der Waals surface area contributed by atoms with E-state index < -0.39 is 198 Å². The third kappa shape index (κ3) is 19.2. The van der Waals surface area contributed by atoms with Gasteiger partial charge in [0.05, 0.1) is 30.8 Å². The number of aromatic hydroxyl groups is 1. The Labute approximate surface area is 528 Å². The molecule has 31 heteroatoms. The molecule has 3 fully saturated rings. The molecule has 3 saturated heterocycles. The largest absolute Gasteiger partial charge is 0.504 e. The first kappa shape index (κ1) is 72.1. The van der Waals surface area contributed by atoms with Crippen molar-refractivity contribution in [1.29, 1.82) is 0 Å². The Morgan fingerprint density at radius 3 is 1.98 bits per heavy atom. The van der Waals surface area contributed by atoms with Crippen molar-refractivity contribution in [2.24, 2.45) is 11.7 Å². The predicted octanol–water partition coefficient (Wildman–Crippen LogP) is -3.59. The summed E-state index contributed by atoms with van der Waals surface area (Å²) in [7, 11) is -5.34. The van der Waals surface area contributed by atoms with Gasteiger partial charge in [-0.2, -0.15) is 8.42 Å². The number of hydrogen-bond acceptors (Lipinski definition) is 20. The van der Waals surface area contributed by atoms with E-state index in [1.807, 2.05) is 34.9 Å². The number of benzene rings is 3. The molecule has 3 aliphatic heterocycles. The Morgan fingerprint density at radius 1 is 0.761 bits per heavy atom. The van der Waals surface area contributed by atoms with Crippen LogP contribution in [0.3, 0.4) is 0 Å². The van der Waals surface area contributed by atoms with Crippen LogP contribution in [0.1, 0.15) is 94.9 Å². The van der Waals surface area contributed by atoms with Crippen LogP contribution in [0, 0.1) is 5.92 Å². The molecule has 17 N–H and O–H groups in total. The second-order valence-corrected chi connectivity index (χ2v) is 23.1. The van der Waals surface area contributed by atoms with Gasteiger partial charge in [0, 0.05) is 67.5 Å². The first-order valence-corrected chi connectivity index (χ1v) is 29.6. The summed E-state index contributed by atoms with van der Waals surface area (Å²) in [6.07, 6.45) is -10.8. The molecule has 8 amide bonds. The van der Waals surface area contributed by atoms with Crippen molar-refractivity contribution in [3.05, 3.63) is 89.5 Å². The fourth-order valence-corrected chi connectivity index (χ4v) is 10.8. The normalized spacial score (nSPS) is 26.6. The number of carbonyl (C=O) groups excluding carboxylic acids is 8. The number of rotatable bonds is 19. The number of fused-ring (bicyclic) bond motifs is 2. The Morgan fingerprint density at radius 2 is 1.36 bits per heavy atom. The topological polar surface area (TPSA) is 475 Å². The van der Waals surface area contributed by atoms with Crippen molar-refractivity contribution in [2.75, 3.05) is 13.1 Å². The summed E-state index contributed by atoms with van der Waals surface area (Å²) in [5.41, 5.74) is 8.33.